The second-order valence-corrected chi connectivity index (χ2v) is 6.48. The largest absolute Gasteiger partial charge is 0.394 e. The van der Waals surface area contributed by atoms with Crippen LogP contribution in [0.3, 0.4) is 0 Å². The van der Waals surface area contributed by atoms with Crippen molar-refractivity contribution in [2.75, 3.05) is 24.2 Å². The van der Waals surface area contributed by atoms with Gasteiger partial charge in [-0.15, -0.1) is 0 Å². The summed E-state index contributed by atoms with van der Waals surface area (Å²) in [5.41, 5.74) is 7.63. The molecule has 0 spiro atoms. The first-order valence-corrected chi connectivity index (χ1v) is 8.84. The molecule has 4 heterocycles. The van der Waals surface area contributed by atoms with Crippen LogP contribution >= 0.6 is 0 Å². The minimum Gasteiger partial charge on any atom is -0.394 e. The first kappa shape index (κ1) is 18.5. The fraction of sp³-hybridized carbons (Fsp3) is 0.412. The normalized spacial score (nSPS) is 24.7. The third kappa shape index (κ3) is 3.36. The van der Waals surface area contributed by atoms with Crippen LogP contribution in [0.1, 0.15) is 11.9 Å². The van der Waals surface area contributed by atoms with Gasteiger partial charge in [-0.1, -0.05) is 6.07 Å². The molecule has 4 atom stereocenters. The zero-order chi connectivity index (χ0) is 19.7. The highest BCUT2D eigenvalue weighted by molar-refractivity contribution is 5.83. The maximum Gasteiger partial charge on any atom is 0.226 e. The van der Waals surface area contributed by atoms with E-state index in [4.69, 9.17) is 10.5 Å². The summed E-state index contributed by atoms with van der Waals surface area (Å²) in [7, 11) is 0. The molecule has 3 aromatic heterocycles. The van der Waals surface area contributed by atoms with Gasteiger partial charge in [-0.3, -0.25) is 9.55 Å². The first-order valence-electron chi connectivity index (χ1n) is 8.84. The number of pyridine rings is 1. The average Bonchev–Trinajstić information content (AvgIpc) is 3.24. The highest BCUT2D eigenvalue weighted by atomic mass is 16.6. The van der Waals surface area contributed by atoms with Gasteiger partial charge in [0.15, 0.2) is 17.7 Å². The summed E-state index contributed by atoms with van der Waals surface area (Å²) < 4.78 is 7.02. The summed E-state index contributed by atoms with van der Waals surface area (Å²) in [6.45, 7) is 0.128. The summed E-state index contributed by atoms with van der Waals surface area (Å²) in [6.07, 6.45) is -0.492. The average molecular weight is 387 g/mol. The molecule has 0 aliphatic carbocycles. The van der Waals surface area contributed by atoms with Gasteiger partial charge in [0, 0.05) is 24.9 Å². The van der Waals surface area contributed by atoms with Crippen molar-refractivity contribution < 1.29 is 20.1 Å². The molecule has 0 radical (unpaired) electrons. The van der Waals surface area contributed by atoms with E-state index in [1.807, 2.05) is 18.2 Å². The molecule has 11 heteroatoms. The number of ether oxygens (including phenoxy) is 1. The number of nitrogens with zero attached hydrogens (tertiary/aromatic N) is 5. The predicted octanol–water partition coefficient (Wildman–Crippen LogP) is -0.930. The molecule has 0 aromatic carbocycles. The lowest BCUT2D eigenvalue weighted by molar-refractivity contribution is -0.0511. The second kappa shape index (κ2) is 7.64. The molecule has 28 heavy (non-hydrogen) atoms. The summed E-state index contributed by atoms with van der Waals surface area (Å²) in [5, 5.41) is 32.6. The second-order valence-electron chi connectivity index (χ2n) is 6.48. The Bertz CT molecular complexity index is 951. The van der Waals surface area contributed by atoms with E-state index in [2.05, 4.69) is 25.3 Å². The number of anilines is 2. The fourth-order valence-electron chi connectivity index (χ4n) is 3.16. The Balaban J connectivity index is 1.56. The third-order valence-corrected chi connectivity index (χ3v) is 4.63. The van der Waals surface area contributed by atoms with E-state index in [9.17, 15) is 15.3 Å². The molecule has 1 aliphatic rings. The van der Waals surface area contributed by atoms with Gasteiger partial charge >= 0.3 is 0 Å². The van der Waals surface area contributed by atoms with Gasteiger partial charge in [0.25, 0.3) is 0 Å². The molecule has 0 saturated carbocycles. The van der Waals surface area contributed by atoms with Crippen molar-refractivity contribution in [2.24, 2.45) is 0 Å². The summed E-state index contributed by atoms with van der Waals surface area (Å²) in [5.74, 6) is 0.477. The van der Waals surface area contributed by atoms with Crippen LogP contribution in [0.2, 0.25) is 0 Å². The van der Waals surface area contributed by atoms with Gasteiger partial charge in [-0.25, -0.2) is 4.98 Å². The van der Waals surface area contributed by atoms with Crippen LogP contribution in [0.5, 0.6) is 0 Å². The number of hydrogen-bond donors (Lipinski definition) is 5. The van der Waals surface area contributed by atoms with Crippen LogP contribution in [0.4, 0.5) is 11.8 Å². The topological polar surface area (TPSA) is 164 Å². The number of imidazole rings is 1. The molecular formula is C17H21N7O4. The van der Waals surface area contributed by atoms with Gasteiger partial charge in [-0.05, 0) is 12.1 Å². The molecule has 4 rings (SSSR count). The molecule has 0 unspecified atom stereocenters. The molecule has 0 amide bonds. The Morgan fingerprint density at radius 1 is 1.18 bits per heavy atom. The highest BCUT2D eigenvalue weighted by Crippen LogP contribution is 2.32. The maximum absolute atomic E-state index is 10.3. The van der Waals surface area contributed by atoms with Gasteiger partial charge in [0.1, 0.15) is 23.8 Å². The molecule has 6 N–H and O–H groups in total. The Hall–Kier alpha value is -2.86. The summed E-state index contributed by atoms with van der Waals surface area (Å²) in [4.78, 5) is 17.1. The Morgan fingerprint density at radius 2 is 2.04 bits per heavy atom. The molecule has 11 nitrogen and oxygen atoms in total. The number of aromatic nitrogens is 5. The fourth-order valence-corrected chi connectivity index (χ4v) is 3.16. The molecule has 0 bridgehead atoms. The van der Waals surface area contributed by atoms with Gasteiger partial charge in [-0.2, -0.15) is 9.97 Å². The number of rotatable bonds is 6. The molecular weight excluding hydrogens is 366 g/mol. The van der Waals surface area contributed by atoms with Crippen molar-refractivity contribution >= 4 is 22.9 Å². The number of nitrogens with one attached hydrogen (secondary N) is 1. The lowest BCUT2D eigenvalue weighted by atomic mass is 10.1. The van der Waals surface area contributed by atoms with Crippen molar-refractivity contribution in [3.8, 4) is 0 Å². The van der Waals surface area contributed by atoms with Crippen molar-refractivity contribution in [3.05, 3.63) is 36.4 Å². The predicted molar refractivity (Wildman–Crippen MR) is 99.2 cm³/mol. The van der Waals surface area contributed by atoms with E-state index in [1.165, 1.54) is 10.9 Å². The number of hydrogen-bond acceptors (Lipinski definition) is 10. The number of fused-ring (bicyclic) bond motifs is 1. The van der Waals surface area contributed by atoms with E-state index in [0.29, 0.717) is 30.1 Å². The van der Waals surface area contributed by atoms with Crippen molar-refractivity contribution in [1.82, 2.24) is 24.5 Å². The zero-order valence-electron chi connectivity index (χ0n) is 14.9. The first-order chi connectivity index (χ1) is 13.6. The molecule has 1 fully saturated rings. The number of aliphatic hydroxyl groups is 3. The molecule has 1 aliphatic heterocycles. The number of nitrogen functional groups attached to an aromatic ring is 1. The van der Waals surface area contributed by atoms with Crippen molar-refractivity contribution in [2.45, 2.75) is 31.0 Å². The van der Waals surface area contributed by atoms with E-state index in [-0.39, 0.29) is 5.82 Å². The van der Waals surface area contributed by atoms with E-state index >= 15 is 0 Å². The summed E-state index contributed by atoms with van der Waals surface area (Å²) in [6, 6.07) is 5.70. The van der Waals surface area contributed by atoms with Gasteiger partial charge < -0.3 is 31.1 Å². The number of nitrogens with two attached hydrogens (primary N) is 1. The van der Waals surface area contributed by atoms with E-state index in [0.717, 1.165) is 5.69 Å². The molecule has 1 saturated heterocycles. The minimum atomic E-state index is -1.24. The quantitative estimate of drug-likeness (QED) is 0.357. The maximum atomic E-state index is 10.3. The van der Waals surface area contributed by atoms with Crippen molar-refractivity contribution in [1.29, 1.82) is 0 Å². The lowest BCUT2D eigenvalue weighted by Crippen LogP contribution is -2.33. The van der Waals surface area contributed by atoms with Crippen LogP contribution in [0, 0.1) is 0 Å². The van der Waals surface area contributed by atoms with E-state index < -0.39 is 31.1 Å². The third-order valence-electron chi connectivity index (χ3n) is 4.63. The monoisotopic (exact) mass is 387 g/mol. The Labute approximate surface area is 159 Å². The molecule has 148 valence electrons. The lowest BCUT2D eigenvalue weighted by Gasteiger charge is -2.16. The van der Waals surface area contributed by atoms with E-state index in [1.54, 1.807) is 6.20 Å². The highest BCUT2D eigenvalue weighted by Gasteiger charge is 2.44. The zero-order valence-corrected chi connectivity index (χ0v) is 14.9. The van der Waals surface area contributed by atoms with Crippen LogP contribution < -0.4 is 11.1 Å². The number of aliphatic hydroxyl groups excluding tert-OH is 3. The smallest absolute Gasteiger partial charge is 0.226 e. The van der Waals surface area contributed by atoms with Crippen LogP contribution in [-0.2, 0) is 11.2 Å². The van der Waals surface area contributed by atoms with Gasteiger partial charge in [0.05, 0.1) is 12.9 Å². The Morgan fingerprint density at radius 3 is 2.75 bits per heavy atom. The van der Waals surface area contributed by atoms with Crippen LogP contribution in [-0.4, -0.2) is 71.3 Å². The summed E-state index contributed by atoms with van der Waals surface area (Å²) >= 11 is 0. The van der Waals surface area contributed by atoms with Gasteiger partial charge in [0.2, 0.25) is 5.95 Å². The Kier molecular flexibility index (Phi) is 5.05. The SMILES string of the molecule is Nc1nc(NCCc2ccccn2)nc2c1ncn2[C@@H]1O[C@H](CO)[C@@H](O)[C@H]1O. The van der Waals surface area contributed by atoms with Crippen LogP contribution in [0.15, 0.2) is 30.7 Å². The standard InChI is InChI=1S/C17H21N7O4/c18-14-11-15(23-17(22-14)20-6-4-9-3-1-2-5-19-9)24(8-21-11)16-13(27)12(26)10(7-25)28-16/h1-3,5,8,10,12-13,16,25-27H,4,6-7H2,(H3,18,20,22,23)/t10-,12-,13-,16-/m1/s1. The molecule has 3 aromatic rings. The van der Waals surface area contributed by atoms with Crippen molar-refractivity contribution in [3.63, 3.8) is 0 Å². The minimum absolute atomic E-state index is 0.177. The van der Waals surface area contributed by atoms with Crippen LogP contribution in [0.25, 0.3) is 11.2 Å².